The summed E-state index contributed by atoms with van der Waals surface area (Å²) in [5.41, 5.74) is 1.45. The second kappa shape index (κ2) is 10.2. The Hall–Kier alpha value is -2.65. The first-order chi connectivity index (χ1) is 14.1. The number of nitrogens with one attached hydrogen (secondary N) is 1. The molecule has 0 aliphatic carbocycles. The molecule has 0 aliphatic rings. The highest BCUT2D eigenvalue weighted by Crippen LogP contribution is 2.30. The van der Waals surface area contributed by atoms with Gasteiger partial charge in [-0.2, -0.15) is 0 Å². The van der Waals surface area contributed by atoms with Crippen LogP contribution in [-0.2, 0) is 22.4 Å². The average Bonchev–Trinajstić information content (AvgIpc) is 3.34. The highest BCUT2D eigenvalue weighted by atomic mass is 32.2. The molecule has 7 nitrogen and oxygen atoms in total. The predicted molar refractivity (Wildman–Crippen MR) is 113 cm³/mol. The van der Waals surface area contributed by atoms with Crippen molar-refractivity contribution in [1.82, 2.24) is 10.2 Å². The van der Waals surface area contributed by atoms with E-state index >= 15 is 0 Å². The molecule has 29 heavy (non-hydrogen) atoms. The topological polar surface area (TPSA) is 94.3 Å². The number of thiophene rings is 1. The van der Waals surface area contributed by atoms with Crippen LogP contribution in [0, 0.1) is 0 Å². The second-order valence-corrected chi connectivity index (χ2v) is 8.05. The lowest BCUT2D eigenvalue weighted by Crippen LogP contribution is -2.15. The van der Waals surface area contributed by atoms with Crippen LogP contribution in [0.3, 0.4) is 0 Å². The van der Waals surface area contributed by atoms with E-state index in [1.54, 1.807) is 13.0 Å². The molecule has 0 saturated heterocycles. The molecule has 1 N–H and O–H groups in total. The number of aromatic nitrogens is 2. The van der Waals surface area contributed by atoms with Crippen molar-refractivity contribution in [3.63, 3.8) is 0 Å². The number of hydrogen-bond acceptors (Lipinski definition) is 8. The van der Waals surface area contributed by atoms with Crippen molar-refractivity contribution < 1.29 is 18.7 Å². The van der Waals surface area contributed by atoms with E-state index in [0.717, 1.165) is 28.6 Å². The van der Waals surface area contributed by atoms with Crippen LogP contribution in [0.2, 0.25) is 0 Å². The van der Waals surface area contributed by atoms with E-state index in [2.05, 4.69) is 15.5 Å². The lowest BCUT2D eigenvalue weighted by Gasteiger charge is -2.05. The lowest BCUT2D eigenvalue weighted by molar-refractivity contribution is -0.113. The van der Waals surface area contributed by atoms with Crippen molar-refractivity contribution in [1.29, 1.82) is 0 Å². The van der Waals surface area contributed by atoms with Crippen molar-refractivity contribution in [3.8, 4) is 0 Å². The normalized spacial score (nSPS) is 10.7. The van der Waals surface area contributed by atoms with E-state index in [9.17, 15) is 9.59 Å². The molecule has 1 amide bonds. The van der Waals surface area contributed by atoms with Crippen LogP contribution < -0.4 is 5.32 Å². The molecular formula is C20H21N3O4S2. The van der Waals surface area contributed by atoms with Crippen LogP contribution in [0.1, 0.15) is 40.5 Å². The number of esters is 1. The Morgan fingerprint density at radius 3 is 2.72 bits per heavy atom. The molecule has 0 unspecified atom stereocenters. The standard InChI is InChI=1S/C20H21N3O4S2/c1-3-14-11-15(19(25)26-4-2)18(29-14)21-16(24)12-28-20-23-22-17(27-20)10-13-8-6-5-7-9-13/h5-9,11H,3-4,10,12H2,1-2H3,(H,21,24). The van der Waals surface area contributed by atoms with Crippen LogP contribution in [-0.4, -0.2) is 34.4 Å². The van der Waals surface area contributed by atoms with Gasteiger partial charge in [0.05, 0.1) is 24.3 Å². The molecule has 9 heteroatoms. The minimum absolute atomic E-state index is 0.0919. The van der Waals surface area contributed by atoms with E-state index in [0.29, 0.717) is 28.1 Å². The number of rotatable bonds is 9. The first kappa shape index (κ1) is 21.1. The Bertz CT molecular complexity index is 969. The molecule has 152 valence electrons. The van der Waals surface area contributed by atoms with Gasteiger partial charge < -0.3 is 14.5 Å². The molecule has 0 bridgehead atoms. The summed E-state index contributed by atoms with van der Waals surface area (Å²) in [5.74, 6) is -0.106. The maximum absolute atomic E-state index is 12.3. The zero-order chi connectivity index (χ0) is 20.6. The monoisotopic (exact) mass is 431 g/mol. The second-order valence-electron chi connectivity index (χ2n) is 5.99. The number of amides is 1. The quantitative estimate of drug-likeness (QED) is 0.401. The molecule has 2 aromatic heterocycles. The summed E-state index contributed by atoms with van der Waals surface area (Å²) in [7, 11) is 0. The van der Waals surface area contributed by atoms with Gasteiger partial charge in [0, 0.05) is 4.88 Å². The molecule has 3 rings (SSSR count). The summed E-state index contributed by atoms with van der Waals surface area (Å²) in [6.45, 7) is 4.02. The predicted octanol–water partition coefficient (Wildman–Crippen LogP) is 4.19. The van der Waals surface area contributed by atoms with Gasteiger partial charge in [-0.25, -0.2) is 4.79 Å². The number of aryl methyl sites for hydroxylation is 1. The van der Waals surface area contributed by atoms with Gasteiger partial charge >= 0.3 is 5.97 Å². The molecule has 2 heterocycles. The molecule has 0 atom stereocenters. The summed E-state index contributed by atoms with van der Waals surface area (Å²) in [5, 5.41) is 11.6. The van der Waals surface area contributed by atoms with Gasteiger partial charge in [0.25, 0.3) is 5.22 Å². The molecule has 0 aliphatic heterocycles. The van der Waals surface area contributed by atoms with E-state index in [1.165, 1.54) is 11.3 Å². The number of anilines is 1. The number of nitrogens with zero attached hydrogens (tertiary/aromatic N) is 2. The van der Waals surface area contributed by atoms with Gasteiger partial charge in [0.1, 0.15) is 5.00 Å². The third-order valence-corrected chi connectivity index (χ3v) is 5.87. The van der Waals surface area contributed by atoms with Gasteiger partial charge in [-0.05, 0) is 25.0 Å². The summed E-state index contributed by atoms with van der Waals surface area (Å²) >= 11 is 2.53. The van der Waals surface area contributed by atoms with Crippen LogP contribution >= 0.6 is 23.1 Å². The van der Waals surface area contributed by atoms with E-state index < -0.39 is 5.97 Å². The zero-order valence-corrected chi connectivity index (χ0v) is 17.8. The van der Waals surface area contributed by atoms with Crippen LogP contribution in [0.15, 0.2) is 46.0 Å². The molecule has 3 aromatic rings. The van der Waals surface area contributed by atoms with E-state index in [4.69, 9.17) is 9.15 Å². The number of thioether (sulfide) groups is 1. The van der Waals surface area contributed by atoms with E-state index in [-0.39, 0.29) is 18.3 Å². The van der Waals surface area contributed by atoms with Gasteiger partial charge in [0.2, 0.25) is 11.8 Å². The number of carbonyl (C=O) groups is 2. The third kappa shape index (κ3) is 5.91. The lowest BCUT2D eigenvalue weighted by atomic mass is 10.2. The molecular weight excluding hydrogens is 410 g/mol. The van der Waals surface area contributed by atoms with Crippen LogP contribution in [0.4, 0.5) is 5.00 Å². The Kier molecular flexibility index (Phi) is 7.42. The van der Waals surface area contributed by atoms with Crippen molar-refractivity contribution >= 4 is 40.0 Å². The highest BCUT2D eigenvalue weighted by molar-refractivity contribution is 7.99. The number of benzene rings is 1. The van der Waals surface area contributed by atoms with Gasteiger partial charge in [-0.1, -0.05) is 49.0 Å². The fraction of sp³-hybridized carbons (Fsp3) is 0.300. The molecule has 0 saturated carbocycles. The Morgan fingerprint density at radius 1 is 1.21 bits per heavy atom. The van der Waals surface area contributed by atoms with Gasteiger partial charge in [-0.15, -0.1) is 21.5 Å². The largest absolute Gasteiger partial charge is 0.462 e. The zero-order valence-electron chi connectivity index (χ0n) is 16.1. The fourth-order valence-electron chi connectivity index (χ4n) is 2.50. The Morgan fingerprint density at radius 2 is 2.00 bits per heavy atom. The maximum atomic E-state index is 12.3. The van der Waals surface area contributed by atoms with Crippen molar-refractivity contribution in [3.05, 3.63) is 58.3 Å². The van der Waals surface area contributed by atoms with Crippen LogP contribution in [0.5, 0.6) is 0 Å². The van der Waals surface area contributed by atoms with Gasteiger partial charge in [0.15, 0.2) is 0 Å². The molecule has 0 fully saturated rings. The number of hydrogen-bond donors (Lipinski definition) is 1. The minimum Gasteiger partial charge on any atom is -0.462 e. The summed E-state index contributed by atoms with van der Waals surface area (Å²) in [6.07, 6.45) is 1.31. The minimum atomic E-state index is -0.436. The fourth-order valence-corrected chi connectivity index (χ4v) is 4.08. The van der Waals surface area contributed by atoms with Gasteiger partial charge in [-0.3, -0.25) is 4.79 Å². The number of carbonyl (C=O) groups excluding carboxylic acids is 2. The molecule has 0 spiro atoms. The first-order valence-corrected chi connectivity index (χ1v) is 11.0. The first-order valence-electron chi connectivity index (χ1n) is 9.17. The molecule has 0 radical (unpaired) electrons. The molecule has 1 aromatic carbocycles. The summed E-state index contributed by atoms with van der Waals surface area (Å²) in [4.78, 5) is 25.4. The van der Waals surface area contributed by atoms with Crippen molar-refractivity contribution in [2.45, 2.75) is 31.9 Å². The Labute approximate surface area is 176 Å². The highest BCUT2D eigenvalue weighted by Gasteiger charge is 2.19. The smallest absolute Gasteiger partial charge is 0.341 e. The SMILES string of the molecule is CCOC(=O)c1cc(CC)sc1NC(=O)CSc1nnc(Cc2ccccc2)o1. The van der Waals surface area contributed by atoms with Crippen molar-refractivity contribution in [2.24, 2.45) is 0 Å². The number of ether oxygens (including phenoxy) is 1. The summed E-state index contributed by atoms with van der Waals surface area (Å²) < 4.78 is 10.7. The third-order valence-electron chi connectivity index (χ3n) is 3.85. The van der Waals surface area contributed by atoms with Crippen molar-refractivity contribution in [2.75, 3.05) is 17.7 Å². The maximum Gasteiger partial charge on any atom is 0.341 e. The Balaban J connectivity index is 1.56. The van der Waals surface area contributed by atoms with E-state index in [1.807, 2.05) is 37.3 Å². The van der Waals surface area contributed by atoms with Crippen LogP contribution in [0.25, 0.3) is 0 Å². The average molecular weight is 432 g/mol. The summed E-state index contributed by atoms with van der Waals surface area (Å²) in [6, 6.07) is 11.6.